The third-order valence-corrected chi connectivity index (χ3v) is 6.89. The van der Waals surface area contributed by atoms with Crippen LogP contribution in [-0.2, 0) is 14.2 Å². The Morgan fingerprint density at radius 1 is 0.800 bits per heavy atom. The number of rotatable bonds is 14. The fourth-order valence-electron chi connectivity index (χ4n) is 4.79. The molecule has 3 nitrogen and oxygen atoms in total. The van der Waals surface area contributed by atoms with Crippen LogP contribution in [0.15, 0.2) is 0 Å². The van der Waals surface area contributed by atoms with Crippen molar-refractivity contribution >= 4 is 0 Å². The highest BCUT2D eigenvalue weighted by molar-refractivity contribution is 5.06. The SMILES string of the molecule is CCCCC(C)C(CC)(OC(CC)(C(C)CCCC)C1CO1)C1CO1. The zero-order valence-corrected chi connectivity index (χ0v) is 17.6. The third kappa shape index (κ3) is 4.59. The molecule has 0 aromatic carbocycles. The van der Waals surface area contributed by atoms with Gasteiger partial charge in [-0.3, -0.25) is 0 Å². The Morgan fingerprint density at radius 2 is 1.16 bits per heavy atom. The Labute approximate surface area is 156 Å². The molecule has 0 amide bonds. The second-order valence-electron chi connectivity index (χ2n) is 8.45. The van der Waals surface area contributed by atoms with E-state index >= 15 is 0 Å². The van der Waals surface area contributed by atoms with Crippen molar-refractivity contribution in [3.63, 3.8) is 0 Å². The summed E-state index contributed by atoms with van der Waals surface area (Å²) in [6.45, 7) is 15.6. The largest absolute Gasteiger partial charge is 0.370 e. The van der Waals surface area contributed by atoms with Gasteiger partial charge in [-0.1, -0.05) is 67.2 Å². The Morgan fingerprint density at radius 3 is 1.40 bits per heavy atom. The first-order valence-corrected chi connectivity index (χ1v) is 10.9. The van der Waals surface area contributed by atoms with Crippen LogP contribution in [0.3, 0.4) is 0 Å². The number of unbranched alkanes of at least 4 members (excludes halogenated alkanes) is 2. The Hall–Kier alpha value is -0.120. The molecule has 6 unspecified atom stereocenters. The van der Waals surface area contributed by atoms with Gasteiger partial charge in [-0.05, 0) is 37.5 Å². The fraction of sp³-hybridized carbons (Fsp3) is 1.00. The van der Waals surface area contributed by atoms with Crippen molar-refractivity contribution in [2.24, 2.45) is 11.8 Å². The van der Waals surface area contributed by atoms with Crippen LogP contribution < -0.4 is 0 Å². The van der Waals surface area contributed by atoms with E-state index in [-0.39, 0.29) is 23.4 Å². The lowest BCUT2D eigenvalue weighted by Gasteiger charge is -2.48. The minimum absolute atomic E-state index is 0.155. The van der Waals surface area contributed by atoms with Gasteiger partial charge < -0.3 is 14.2 Å². The molecular weight excluding hydrogens is 312 g/mol. The van der Waals surface area contributed by atoms with E-state index in [4.69, 9.17) is 14.2 Å². The first-order chi connectivity index (χ1) is 12.0. The monoisotopic (exact) mass is 354 g/mol. The van der Waals surface area contributed by atoms with Crippen LogP contribution in [0.4, 0.5) is 0 Å². The first-order valence-electron chi connectivity index (χ1n) is 10.9. The highest BCUT2D eigenvalue weighted by atomic mass is 16.6. The van der Waals surface area contributed by atoms with E-state index in [2.05, 4.69) is 41.5 Å². The number of epoxide rings is 2. The Balaban J connectivity index is 2.25. The molecule has 0 radical (unpaired) electrons. The molecule has 0 aromatic heterocycles. The summed E-state index contributed by atoms with van der Waals surface area (Å²) in [5.41, 5.74) is -0.310. The lowest BCUT2D eigenvalue weighted by atomic mass is 9.75. The fourth-order valence-corrected chi connectivity index (χ4v) is 4.79. The van der Waals surface area contributed by atoms with E-state index in [0.717, 1.165) is 26.1 Å². The lowest BCUT2D eigenvalue weighted by Crippen LogP contribution is -2.56. The average molecular weight is 355 g/mol. The van der Waals surface area contributed by atoms with Gasteiger partial charge in [-0.2, -0.15) is 0 Å². The minimum Gasteiger partial charge on any atom is -0.370 e. The van der Waals surface area contributed by atoms with Crippen LogP contribution in [-0.4, -0.2) is 36.6 Å². The van der Waals surface area contributed by atoms with Crippen molar-refractivity contribution in [1.29, 1.82) is 0 Å². The molecule has 0 aromatic rings. The van der Waals surface area contributed by atoms with Gasteiger partial charge in [0.1, 0.15) is 12.2 Å². The highest BCUT2D eigenvalue weighted by Crippen LogP contribution is 2.49. The van der Waals surface area contributed by atoms with Gasteiger partial charge >= 0.3 is 0 Å². The maximum atomic E-state index is 7.24. The van der Waals surface area contributed by atoms with Gasteiger partial charge in [0.15, 0.2) is 0 Å². The van der Waals surface area contributed by atoms with Crippen LogP contribution in [0.1, 0.15) is 92.9 Å². The van der Waals surface area contributed by atoms with E-state index in [9.17, 15) is 0 Å². The molecule has 0 bridgehead atoms. The van der Waals surface area contributed by atoms with Gasteiger partial charge in [-0.15, -0.1) is 0 Å². The molecular formula is C22H42O3. The summed E-state index contributed by atoms with van der Waals surface area (Å²) >= 11 is 0. The lowest BCUT2D eigenvalue weighted by molar-refractivity contribution is -0.222. The molecule has 2 heterocycles. The zero-order chi connectivity index (χ0) is 18.5. The van der Waals surface area contributed by atoms with Gasteiger partial charge in [0.2, 0.25) is 0 Å². The van der Waals surface area contributed by atoms with Crippen LogP contribution in [0, 0.1) is 11.8 Å². The quantitative estimate of drug-likeness (QED) is 0.372. The molecule has 25 heavy (non-hydrogen) atoms. The number of hydrogen-bond acceptors (Lipinski definition) is 3. The van der Waals surface area contributed by atoms with E-state index < -0.39 is 0 Å². The molecule has 2 aliphatic rings. The molecule has 3 heteroatoms. The third-order valence-electron chi connectivity index (χ3n) is 6.89. The summed E-state index contributed by atoms with van der Waals surface area (Å²) in [5, 5.41) is 0. The summed E-state index contributed by atoms with van der Waals surface area (Å²) in [7, 11) is 0. The topological polar surface area (TPSA) is 34.3 Å². The van der Waals surface area contributed by atoms with E-state index in [1.165, 1.54) is 38.5 Å². The zero-order valence-electron chi connectivity index (χ0n) is 17.6. The maximum Gasteiger partial charge on any atom is 0.110 e. The van der Waals surface area contributed by atoms with Crippen molar-refractivity contribution in [3.8, 4) is 0 Å². The van der Waals surface area contributed by atoms with Gasteiger partial charge in [0.05, 0.1) is 24.4 Å². The molecule has 0 N–H and O–H groups in total. The standard InChI is InChI=1S/C22H42O3/c1-7-11-13-17(5)21(9-3,19-15-23-19)25-22(10-4,20-16-24-20)18(6)14-12-8-2/h17-20H,7-16H2,1-6H3. The highest BCUT2D eigenvalue weighted by Gasteiger charge is 2.59. The summed E-state index contributed by atoms with van der Waals surface area (Å²) < 4.78 is 18.9. The Kier molecular flexibility index (Phi) is 7.79. The van der Waals surface area contributed by atoms with Crippen LogP contribution in [0.25, 0.3) is 0 Å². The molecule has 148 valence electrons. The second-order valence-corrected chi connectivity index (χ2v) is 8.45. The summed E-state index contributed by atoms with van der Waals surface area (Å²) in [6, 6.07) is 0. The predicted molar refractivity (Wildman–Crippen MR) is 104 cm³/mol. The molecule has 0 aliphatic carbocycles. The van der Waals surface area contributed by atoms with Gasteiger partial charge in [0.25, 0.3) is 0 Å². The predicted octanol–water partition coefficient (Wildman–Crippen LogP) is 5.75. The molecule has 2 saturated heterocycles. The van der Waals surface area contributed by atoms with Crippen molar-refractivity contribution in [3.05, 3.63) is 0 Å². The van der Waals surface area contributed by atoms with Gasteiger partial charge in [-0.25, -0.2) is 0 Å². The van der Waals surface area contributed by atoms with Crippen LogP contribution in [0.2, 0.25) is 0 Å². The number of hydrogen-bond donors (Lipinski definition) is 0. The molecule has 6 atom stereocenters. The van der Waals surface area contributed by atoms with Gasteiger partial charge in [0, 0.05) is 0 Å². The van der Waals surface area contributed by atoms with E-state index in [0.29, 0.717) is 11.8 Å². The molecule has 2 aliphatic heterocycles. The van der Waals surface area contributed by atoms with E-state index in [1.54, 1.807) is 0 Å². The normalized spacial score (nSPS) is 29.5. The summed E-state index contributed by atoms with van der Waals surface area (Å²) in [5.74, 6) is 1.04. The second kappa shape index (κ2) is 9.19. The molecule has 0 spiro atoms. The van der Waals surface area contributed by atoms with Crippen molar-refractivity contribution in [2.45, 2.75) is 116 Å². The average Bonchev–Trinajstić information content (AvgIpc) is 3.50. The number of ether oxygens (including phenoxy) is 3. The molecule has 2 rings (SSSR count). The van der Waals surface area contributed by atoms with E-state index in [1.807, 2.05) is 0 Å². The summed E-state index contributed by atoms with van der Waals surface area (Å²) in [4.78, 5) is 0. The van der Waals surface area contributed by atoms with Crippen LogP contribution in [0.5, 0.6) is 0 Å². The van der Waals surface area contributed by atoms with Crippen molar-refractivity contribution < 1.29 is 14.2 Å². The molecule has 2 fully saturated rings. The summed E-state index contributed by atoms with van der Waals surface area (Å²) in [6.07, 6.45) is 10.1. The van der Waals surface area contributed by atoms with Crippen LogP contribution >= 0.6 is 0 Å². The Bertz CT molecular complexity index is 355. The minimum atomic E-state index is -0.155. The van der Waals surface area contributed by atoms with Crippen molar-refractivity contribution in [1.82, 2.24) is 0 Å². The smallest absolute Gasteiger partial charge is 0.110 e. The maximum absolute atomic E-state index is 7.24. The molecule has 0 saturated carbocycles. The first kappa shape index (κ1) is 21.2. The van der Waals surface area contributed by atoms with Crippen molar-refractivity contribution in [2.75, 3.05) is 13.2 Å².